The Morgan fingerprint density at radius 2 is 1.74 bits per heavy atom. The van der Waals surface area contributed by atoms with Crippen LogP contribution in [0.4, 0.5) is 0 Å². The first-order valence-electron chi connectivity index (χ1n) is 7.30. The van der Waals surface area contributed by atoms with Crippen LogP contribution >= 0.6 is 0 Å². The number of carbonyl (C=O) groups excluding carboxylic acids is 2. The van der Waals surface area contributed by atoms with Gasteiger partial charge in [0, 0.05) is 19.5 Å². The van der Waals surface area contributed by atoms with Crippen molar-refractivity contribution >= 4 is 11.8 Å². The van der Waals surface area contributed by atoms with Crippen molar-refractivity contribution in [3.8, 4) is 0 Å². The SMILES string of the molecule is CCNC(=O)CCCNC(=O)CNCCCC(C)C. The van der Waals surface area contributed by atoms with E-state index in [9.17, 15) is 9.59 Å². The Balaban J connectivity index is 3.32. The van der Waals surface area contributed by atoms with Crippen molar-refractivity contribution in [3.05, 3.63) is 0 Å². The molecule has 0 spiro atoms. The number of rotatable bonds is 11. The molecule has 0 atom stereocenters. The molecular formula is C14H29N3O2. The van der Waals surface area contributed by atoms with E-state index in [0.717, 1.165) is 13.0 Å². The maximum atomic E-state index is 11.4. The van der Waals surface area contributed by atoms with Gasteiger partial charge in [-0.15, -0.1) is 0 Å². The maximum Gasteiger partial charge on any atom is 0.233 e. The van der Waals surface area contributed by atoms with E-state index in [1.165, 1.54) is 6.42 Å². The largest absolute Gasteiger partial charge is 0.356 e. The zero-order valence-electron chi connectivity index (χ0n) is 12.6. The Bertz CT molecular complexity index is 255. The monoisotopic (exact) mass is 271 g/mol. The fourth-order valence-corrected chi connectivity index (χ4v) is 1.66. The molecular weight excluding hydrogens is 242 g/mol. The van der Waals surface area contributed by atoms with E-state index < -0.39 is 0 Å². The average molecular weight is 271 g/mol. The Morgan fingerprint density at radius 1 is 1.00 bits per heavy atom. The maximum absolute atomic E-state index is 11.4. The van der Waals surface area contributed by atoms with Crippen LogP contribution in [0.5, 0.6) is 0 Å². The van der Waals surface area contributed by atoms with Crippen molar-refractivity contribution in [2.24, 2.45) is 5.92 Å². The van der Waals surface area contributed by atoms with Gasteiger partial charge < -0.3 is 16.0 Å². The van der Waals surface area contributed by atoms with Gasteiger partial charge in [-0.25, -0.2) is 0 Å². The van der Waals surface area contributed by atoms with Gasteiger partial charge in [0.2, 0.25) is 11.8 Å². The fourth-order valence-electron chi connectivity index (χ4n) is 1.66. The fraction of sp³-hybridized carbons (Fsp3) is 0.857. The molecule has 0 aliphatic carbocycles. The van der Waals surface area contributed by atoms with Crippen LogP contribution < -0.4 is 16.0 Å². The van der Waals surface area contributed by atoms with Gasteiger partial charge in [-0.05, 0) is 38.6 Å². The third-order valence-electron chi connectivity index (χ3n) is 2.70. The predicted octanol–water partition coefficient (Wildman–Crippen LogP) is 1.04. The van der Waals surface area contributed by atoms with Crippen molar-refractivity contribution < 1.29 is 9.59 Å². The highest BCUT2D eigenvalue weighted by atomic mass is 16.2. The molecule has 5 nitrogen and oxygen atoms in total. The molecule has 0 aliphatic heterocycles. The lowest BCUT2D eigenvalue weighted by atomic mass is 10.1. The molecule has 0 fully saturated rings. The van der Waals surface area contributed by atoms with Gasteiger partial charge in [0.25, 0.3) is 0 Å². The first kappa shape index (κ1) is 17.9. The summed E-state index contributed by atoms with van der Waals surface area (Å²) in [7, 11) is 0. The summed E-state index contributed by atoms with van der Waals surface area (Å²) in [6.07, 6.45) is 3.43. The summed E-state index contributed by atoms with van der Waals surface area (Å²) in [4.78, 5) is 22.6. The zero-order chi connectivity index (χ0) is 14.5. The van der Waals surface area contributed by atoms with Gasteiger partial charge in [0.05, 0.1) is 6.54 Å². The smallest absolute Gasteiger partial charge is 0.233 e. The standard InChI is InChI=1S/C14H29N3O2/c1-4-16-13(18)8-6-10-17-14(19)11-15-9-5-7-12(2)3/h12,15H,4-11H2,1-3H3,(H,16,18)(H,17,19). The van der Waals surface area contributed by atoms with E-state index >= 15 is 0 Å². The minimum atomic E-state index is 0.000414. The molecule has 0 aromatic rings. The van der Waals surface area contributed by atoms with Crippen LogP contribution in [0.25, 0.3) is 0 Å². The molecule has 0 radical (unpaired) electrons. The number of nitrogens with one attached hydrogen (secondary N) is 3. The molecule has 0 aliphatic rings. The second-order valence-electron chi connectivity index (χ2n) is 5.12. The quantitative estimate of drug-likeness (QED) is 0.492. The van der Waals surface area contributed by atoms with Crippen LogP contribution in [0.2, 0.25) is 0 Å². The molecule has 0 saturated heterocycles. The lowest BCUT2D eigenvalue weighted by molar-refractivity contribution is -0.122. The number of carbonyl (C=O) groups is 2. The summed E-state index contributed by atoms with van der Waals surface area (Å²) in [5.41, 5.74) is 0. The normalized spacial score (nSPS) is 10.5. The van der Waals surface area contributed by atoms with Crippen molar-refractivity contribution in [3.63, 3.8) is 0 Å². The molecule has 5 heteroatoms. The third-order valence-corrected chi connectivity index (χ3v) is 2.70. The number of hydrogen-bond donors (Lipinski definition) is 3. The van der Waals surface area contributed by atoms with Crippen molar-refractivity contribution in [2.45, 2.75) is 46.5 Å². The topological polar surface area (TPSA) is 70.2 Å². The lowest BCUT2D eigenvalue weighted by Gasteiger charge is -2.07. The molecule has 2 amide bonds. The van der Waals surface area contributed by atoms with E-state index in [2.05, 4.69) is 29.8 Å². The highest BCUT2D eigenvalue weighted by Gasteiger charge is 2.02. The van der Waals surface area contributed by atoms with Gasteiger partial charge in [-0.2, -0.15) is 0 Å². The van der Waals surface area contributed by atoms with Gasteiger partial charge in [-0.3, -0.25) is 9.59 Å². The summed E-state index contributed by atoms with van der Waals surface area (Å²) in [6.45, 7) is 8.74. The van der Waals surface area contributed by atoms with Crippen LogP contribution in [-0.4, -0.2) is 38.0 Å². The summed E-state index contributed by atoms with van der Waals surface area (Å²) in [5, 5.41) is 8.64. The van der Waals surface area contributed by atoms with E-state index in [-0.39, 0.29) is 11.8 Å². The molecule has 19 heavy (non-hydrogen) atoms. The minimum Gasteiger partial charge on any atom is -0.356 e. The second-order valence-corrected chi connectivity index (χ2v) is 5.12. The Labute approximate surface area is 116 Å². The molecule has 0 saturated carbocycles. The van der Waals surface area contributed by atoms with Crippen molar-refractivity contribution in [1.82, 2.24) is 16.0 Å². The summed E-state index contributed by atoms with van der Waals surface area (Å²) in [5.74, 6) is 0.758. The van der Waals surface area contributed by atoms with Gasteiger partial charge >= 0.3 is 0 Å². The summed E-state index contributed by atoms with van der Waals surface area (Å²) in [6, 6.07) is 0. The van der Waals surface area contributed by atoms with Gasteiger partial charge in [0.15, 0.2) is 0 Å². The van der Waals surface area contributed by atoms with Crippen LogP contribution in [0.3, 0.4) is 0 Å². The number of hydrogen-bond acceptors (Lipinski definition) is 3. The Morgan fingerprint density at radius 3 is 2.37 bits per heavy atom. The average Bonchev–Trinajstić information content (AvgIpc) is 2.34. The molecule has 0 heterocycles. The van der Waals surface area contributed by atoms with Crippen LogP contribution in [0.15, 0.2) is 0 Å². The van der Waals surface area contributed by atoms with Crippen LogP contribution in [-0.2, 0) is 9.59 Å². The van der Waals surface area contributed by atoms with Crippen LogP contribution in [0, 0.1) is 5.92 Å². The predicted molar refractivity (Wildman–Crippen MR) is 77.9 cm³/mol. The second kappa shape index (κ2) is 12.0. The Kier molecular flexibility index (Phi) is 11.3. The molecule has 0 aromatic heterocycles. The minimum absolute atomic E-state index is 0.000414. The van der Waals surface area contributed by atoms with E-state index in [1.54, 1.807) is 0 Å². The van der Waals surface area contributed by atoms with E-state index in [4.69, 9.17) is 0 Å². The molecule has 0 rings (SSSR count). The Hall–Kier alpha value is -1.10. The summed E-state index contributed by atoms with van der Waals surface area (Å²) < 4.78 is 0. The highest BCUT2D eigenvalue weighted by molar-refractivity contribution is 5.78. The van der Waals surface area contributed by atoms with Crippen molar-refractivity contribution in [2.75, 3.05) is 26.2 Å². The summed E-state index contributed by atoms with van der Waals surface area (Å²) >= 11 is 0. The number of amides is 2. The highest BCUT2D eigenvalue weighted by Crippen LogP contribution is 2.01. The zero-order valence-corrected chi connectivity index (χ0v) is 12.6. The van der Waals surface area contributed by atoms with Crippen LogP contribution in [0.1, 0.15) is 46.5 Å². The molecule has 0 unspecified atom stereocenters. The lowest BCUT2D eigenvalue weighted by Crippen LogP contribution is -2.35. The third kappa shape index (κ3) is 13.1. The first-order valence-corrected chi connectivity index (χ1v) is 7.30. The van der Waals surface area contributed by atoms with E-state index in [0.29, 0.717) is 38.4 Å². The van der Waals surface area contributed by atoms with Gasteiger partial charge in [-0.1, -0.05) is 13.8 Å². The van der Waals surface area contributed by atoms with E-state index in [1.807, 2.05) is 6.92 Å². The molecule has 112 valence electrons. The molecule has 0 aromatic carbocycles. The molecule has 0 bridgehead atoms. The first-order chi connectivity index (χ1) is 9.06. The molecule has 3 N–H and O–H groups in total. The van der Waals surface area contributed by atoms with Gasteiger partial charge in [0.1, 0.15) is 0 Å². The van der Waals surface area contributed by atoms with Crippen molar-refractivity contribution in [1.29, 1.82) is 0 Å².